The third-order valence-electron chi connectivity index (χ3n) is 3.29. The van der Waals surface area contributed by atoms with Crippen molar-refractivity contribution in [1.29, 1.82) is 0 Å². The molecule has 0 aromatic rings. The SMILES string of the molecule is CCC(NCCOC1CCCCC1)C(=O)OC. The van der Waals surface area contributed by atoms with Gasteiger partial charge in [-0.2, -0.15) is 0 Å². The Labute approximate surface area is 104 Å². The van der Waals surface area contributed by atoms with Gasteiger partial charge in [-0.1, -0.05) is 26.2 Å². The molecule has 0 aromatic heterocycles. The first-order chi connectivity index (χ1) is 8.27. The third kappa shape index (κ3) is 5.50. The predicted octanol–water partition coefficient (Wildman–Crippen LogP) is 1.88. The summed E-state index contributed by atoms with van der Waals surface area (Å²) in [6.45, 7) is 3.36. The van der Waals surface area contributed by atoms with Crippen LogP contribution in [0.4, 0.5) is 0 Å². The zero-order chi connectivity index (χ0) is 12.5. The fourth-order valence-corrected chi connectivity index (χ4v) is 2.23. The van der Waals surface area contributed by atoms with Crippen molar-refractivity contribution < 1.29 is 14.3 Å². The van der Waals surface area contributed by atoms with Crippen LogP contribution in [0.25, 0.3) is 0 Å². The number of rotatable bonds is 7. The lowest BCUT2D eigenvalue weighted by atomic mass is 9.98. The molecule has 17 heavy (non-hydrogen) atoms. The maximum atomic E-state index is 11.3. The van der Waals surface area contributed by atoms with Gasteiger partial charge in [0.1, 0.15) is 6.04 Å². The average Bonchev–Trinajstić information content (AvgIpc) is 2.39. The molecule has 1 unspecified atom stereocenters. The van der Waals surface area contributed by atoms with E-state index in [0.29, 0.717) is 19.3 Å². The Kier molecular flexibility index (Phi) is 7.21. The van der Waals surface area contributed by atoms with Crippen molar-refractivity contribution in [2.45, 2.75) is 57.6 Å². The highest BCUT2D eigenvalue weighted by atomic mass is 16.5. The van der Waals surface area contributed by atoms with Crippen molar-refractivity contribution in [3.05, 3.63) is 0 Å². The van der Waals surface area contributed by atoms with Gasteiger partial charge in [0.15, 0.2) is 0 Å². The van der Waals surface area contributed by atoms with Gasteiger partial charge < -0.3 is 14.8 Å². The Morgan fingerprint density at radius 3 is 2.65 bits per heavy atom. The van der Waals surface area contributed by atoms with Gasteiger partial charge >= 0.3 is 5.97 Å². The van der Waals surface area contributed by atoms with Crippen LogP contribution in [0.5, 0.6) is 0 Å². The van der Waals surface area contributed by atoms with Crippen LogP contribution in [0.3, 0.4) is 0 Å². The molecule has 0 heterocycles. The fourth-order valence-electron chi connectivity index (χ4n) is 2.23. The lowest BCUT2D eigenvalue weighted by Crippen LogP contribution is -2.39. The number of esters is 1. The summed E-state index contributed by atoms with van der Waals surface area (Å²) < 4.78 is 10.5. The summed E-state index contributed by atoms with van der Waals surface area (Å²) >= 11 is 0. The molecule has 1 aliphatic rings. The highest BCUT2D eigenvalue weighted by molar-refractivity contribution is 5.75. The molecule has 1 rings (SSSR count). The monoisotopic (exact) mass is 243 g/mol. The van der Waals surface area contributed by atoms with Crippen LogP contribution in [0, 0.1) is 0 Å². The molecule has 0 aliphatic heterocycles. The molecule has 1 fully saturated rings. The number of hydrogen-bond acceptors (Lipinski definition) is 4. The van der Waals surface area contributed by atoms with Gasteiger partial charge in [0.05, 0.1) is 19.8 Å². The van der Waals surface area contributed by atoms with E-state index in [1.165, 1.54) is 39.2 Å². The summed E-state index contributed by atoms with van der Waals surface area (Å²) in [6, 6.07) is -0.199. The first-order valence-electron chi connectivity index (χ1n) is 6.70. The molecule has 1 saturated carbocycles. The molecular weight excluding hydrogens is 218 g/mol. The Morgan fingerprint density at radius 2 is 2.06 bits per heavy atom. The van der Waals surface area contributed by atoms with Gasteiger partial charge in [-0.3, -0.25) is 4.79 Å². The van der Waals surface area contributed by atoms with Gasteiger partial charge in [-0.15, -0.1) is 0 Å². The van der Waals surface area contributed by atoms with Gasteiger partial charge in [-0.05, 0) is 19.3 Å². The van der Waals surface area contributed by atoms with E-state index >= 15 is 0 Å². The van der Waals surface area contributed by atoms with Crippen molar-refractivity contribution in [3.8, 4) is 0 Å². The number of carbonyl (C=O) groups excluding carboxylic acids is 1. The normalized spacial score (nSPS) is 18.9. The summed E-state index contributed by atoms with van der Waals surface area (Å²) in [5.74, 6) is -0.190. The molecule has 0 bridgehead atoms. The number of carbonyl (C=O) groups is 1. The minimum absolute atomic E-state index is 0.190. The molecule has 4 nitrogen and oxygen atoms in total. The van der Waals surface area contributed by atoms with Crippen LogP contribution in [-0.4, -0.2) is 38.4 Å². The van der Waals surface area contributed by atoms with Gasteiger partial charge in [-0.25, -0.2) is 0 Å². The summed E-state index contributed by atoms with van der Waals surface area (Å²) in [4.78, 5) is 11.3. The maximum absolute atomic E-state index is 11.3. The van der Waals surface area contributed by atoms with Crippen molar-refractivity contribution in [2.75, 3.05) is 20.3 Å². The quantitative estimate of drug-likeness (QED) is 0.548. The second-order valence-electron chi connectivity index (χ2n) is 4.57. The van der Waals surface area contributed by atoms with E-state index in [2.05, 4.69) is 5.32 Å². The highest BCUT2D eigenvalue weighted by Crippen LogP contribution is 2.19. The second kappa shape index (κ2) is 8.48. The molecule has 1 atom stereocenters. The van der Waals surface area contributed by atoms with E-state index in [4.69, 9.17) is 9.47 Å². The van der Waals surface area contributed by atoms with E-state index < -0.39 is 0 Å². The third-order valence-corrected chi connectivity index (χ3v) is 3.29. The lowest BCUT2D eigenvalue weighted by molar-refractivity contribution is -0.143. The topological polar surface area (TPSA) is 47.6 Å². The van der Waals surface area contributed by atoms with Crippen molar-refractivity contribution in [3.63, 3.8) is 0 Å². The Hall–Kier alpha value is -0.610. The van der Waals surface area contributed by atoms with Gasteiger partial charge in [0, 0.05) is 6.54 Å². The van der Waals surface area contributed by atoms with E-state index in [1.54, 1.807) is 0 Å². The first-order valence-corrected chi connectivity index (χ1v) is 6.70. The summed E-state index contributed by atoms with van der Waals surface area (Å²) in [5, 5.41) is 3.16. The first kappa shape index (κ1) is 14.5. The van der Waals surface area contributed by atoms with E-state index in [0.717, 1.165) is 6.42 Å². The van der Waals surface area contributed by atoms with E-state index in [-0.39, 0.29) is 12.0 Å². The Bertz CT molecular complexity index is 215. The van der Waals surface area contributed by atoms with Crippen molar-refractivity contribution in [1.82, 2.24) is 5.32 Å². The molecule has 0 aromatic carbocycles. The molecule has 1 N–H and O–H groups in total. The molecule has 100 valence electrons. The zero-order valence-corrected chi connectivity index (χ0v) is 11.0. The van der Waals surface area contributed by atoms with Crippen LogP contribution in [0.1, 0.15) is 45.4 Å². The van der Waals surface area contributed by atoms with Gasteiger partial charge in [0.25, 0.3) is 0 Å². The van der Waals surface area contributed by atoms with Crippen LogP contribution < -0.4 is 5.32 Å². The molecule has 0 radical (unpaired) electrons. The summed E-state index contributed by atoms with van der Waals surface area (Å²) in [7, 11) is 1.42. The highest BCUT2D eigenvalue weighted by Gasteiger charge is 2.16. The summed E-state index contributed by atoms with van der Waals surface area (Å²) in [6.07, 6.45) is 7.48. The zero-order valence-electron chi connectivity index (χ0n) is 11.0. The minimum atomic E-state index is -0.199. The van der Waals surface area contributed by atoms with Crippen LogP contribution >= 0.6 is 0 Å². The molecule has 4 heteroatoms. The minimum Gasteiger partial charge on any atom is -0.468 e. The Morgan fingerprint density at radius 1 is 1.35 bits per heavy atom. The standard InChI is InChI=1S/C13H25NO3/c1-3-12(13(15)16-2)14-9-10-17-11-7-5-4-6-8-11/h11-12,14H,3-10H2,1-2H3. The summed E-state index contributed by atoms with van der Waals surface area (Å²) in [5.41, 5.74) is 0. The van der Waals surface area contributed by atoms with E-state index in [9.17, 15) is 4.79 Å². The van der Waals surface area contributed by atoms with Crippen molar-refractivity contribution in [2.24, 2.45) is 0 Å². The Balaban J connectivity index is 2.07. The average molecular weight is 243 g/mol. The van der Waals surface area contributed by atoms with E-state index in [1.807, 2.05) is 6.92 Å². The van der Waals surface area contributed by atoms with Crippen molar-refractivity contribution >= 4 is 5.97 Å². The van der Waals surface area contributed by atoms with Crippen LogP contribution in [0.2, 0.25) is 0 Å². The lowest BCUT2D eigenvalue weighted by Gasteiger charge is -2.22. The number of methoxy groups -OCH3 is 1. The maximum Gasteiger partial charge on any atom is 0.322 e. The molecule has 0 spiro atoms. The van der Waals surface area contributed by atoms with Gasteiger partial charge in [0.2, 0.25) is 0 Å². The molecule has 1 aliphatic carbocycles. The molecule has 0 amide bonds. The van der Waals surface area contributed by atoms with Crippen LogP contribution in [0.15, 0.2) is 0 Å². The molecular formula is C13H25NO3. The predicted molar refractivity (Wildman–Crippen MR) is 66.9 cm³/mol. The smallest absolute Gasteiger partial charge is 0.322 e. The number of nitrogens with one attached hydrogen (secondary N) is 1. The fraction of sp³-hybridized carbons (Fsp3) is 0.923. The number of hydrogen-bond donors (Lipinski definition) is 1. The second-order valence-corrected chi connectivity index (χ2v) is 4.57. The molecule has 0 saturated heterocycles. The largest absolute Gasteiger partial charge is 0.468 e. The van der Waals surface area contributed by atoms with Crippen LogP contribution in [-0.2, 0) is 14.3 Å². The number of ether oxygens (including phenoxy) is 2.